The largest absolute Gasteiger partial charge is 0.377 e. The minimum Gasteiger partial charge on any atom is -0.377 e. The molecule has 2 atom stereocenters. The zero-order chi connectivity index (χ0) is 12.0. The summed E-state index contributed by atoms with van der Waals surface area (Å²) in [4.78, 5) is 0. The van der Waals surface area contributed by atoms with E-state index in [1.54, 1.807) is 7.11 Å². The van der Waals surface area contributed by atoms with Crippen molar-refractivity contribution in [1.29, 1.82) is 0 Å². The Morgan fingerprint density at radius 2 is 1.94 bits per heavy atom. The van der Waals surface area contributed by atoms with Gasteiger partial charge in [0.25, 0.3) is 0 Å². The lowest BCUT2D eigenvalue weighted by Crippen LogP contribution is -2.49. The summed E-state index contributed by atoms with van der Waals surface area (Å²) in [5, 5.41) is 3.37. The highest BCUT2D eigenvalue weighted by atomic mass is 16.5. The maximum Gasteiger partial charge on any atom is 0.0803 e. The summed E-state index contributed by atoms with van der Waals surface area (Å²) in [6.45, 7) is 4.33. The number of nitrogens with one attached hydrogen (secondary N) is 1. The van der Waals surface area contributed by atoms with Crippen molar-refractivity contribution in [3.8, 4) is 0 Å². The van der Waals surface area contributed by atoms with E-state index in [0.717, 1.165) is 12.8 Å². The number of hydrogen-bond donors (Lipinski definition) is 1. The molecule has 1 aromatic carbocycles. The van der Waals surface area contributed by atoms with E-state index in [9.17, 15) is 0 Å². The van der Waals surface area contributed by atoms with Gasteiger partial charge in [-0.15, -0.1) is 0 Å². The highest BCUT2D eigenvalue weighted by Crippen LogP contribution is 2.22. The first-order valence-corrected chi connectivity index (χ1v) is 5.92. The minimum atomic E-state index is -0.107. The molecule has 0 fully saturated rings. The molecule has 2 nitrogen and oxygen atoms in total. The maximum absolute atomic E-state index is 5.65. The monoisotopic (exact) mass is 221 g/mol. The Morgan fingerprint density at radius 1 is 1.31 bits per heavy atom. The van der Waals surface area contributed by atoms with Crippen molar-refractivity contribution in [2.24, 2.45) is 0 Å². The SMILES string of the molecule is CCC(C)(OC)C(Cc1ccccc1)NC. The first-order chi connectivity index (χ1) is 7.66. The Hall–Kier alpha value is -0.860. The first kappa shape index (κ1) is 13.2. The smallest absolute Gasteiger partial charge is 0.0803 e. The van der Waals surface area contributed by atoms with E-state index in [1.807, 2.05) is 13.1 Å². The predicted molar refractivity (Wildman–Crippen MR) is 68.7 cm³/mol. The van der Waals surface area contributed by atoms with Crippen LogP contribution in [0.3, 0.4) is 0 Å². The summed E-state index contributed by atoms with van der Waals surface area (Å²) in [5.74, 6) is 0. The summed E-state index contributed by atoms with van der Waals surface area (Å²) in [6, 6.07) is 10.9. The van der Waals surface area contributed by atoms with Crippen LogP contribution in [-0.2, 0) is 11.2 Å². The van der Waals surface area contributed by atoms with Gasteiger partial charge >= 0.3 is 0 Å². The molecular formula is C14H23NO. The van der Waals surface area contributed by atoms with Gasteiger partial charge in [0.1, 0.15) is 0 Å². The van der Waals surface area contributed by atoms with Crippen LogP contribution < -0.4 is 5.32 Å². The van der Waals surface area contributed by atoms with Crippen LogP contribution in [0.15, 0.2) is 30.3 Å². The lowest BCUT2D eigenvalue weighted by molar-refractivity contribution is -0.0268. The van der Waals surface area contributed by atoms with Crippen LogP contribution >= 0.6 is 0 Å². The molecule has 0 bridgehead atoms. The third-order valence-corrected chi connectivity index (χ3v) is 3.54. The van der Waals surface area contributed by atoms with Crippen LogP contribution in [0, 0.1) is 0 Å². The zero-order valence-electron chi connectivity index (χ0n) is 10.8. The Bertz CT molecular complexity index is 293. The van der Waals surface area contributed by atoms with E-state index >= 15 is 0 Å². The Labute approximate surface area is 99.0 Å². The molecule has 1 rings (SSSR count). The molecule has 0 aliphatic rings. The number of likely N-dealkylation sites (N-methyl/N-ethyl adjacent to an activating group) is 1. The lowest BCUT2D eigenvalue weighted by atomic mass is 9.88. The van der Waals surface area contributed by atoms with Crippen LogP contribution in [0.25, 0.3) is 0 Å². The minimum absolute atomic E-state index is 0.107. The molecule has 2 unspecified atom stereocenters. The molecule has 0 amide bonds. The van der Waals surface area contributed by atoms with Crippen molar-refractivity contribution < 1.29 is 4.74 Å². The van der Waals surface area contributed by atoms with E-state index in [4.69, 9.17) is 4.74 Å². The van der Waals surface area contributed by atoms with Gasteiger partial charge < -0.3 is 10.1 Å². The molecular weight excluding hydrogens is 198 g/mol. The number of methoxy groups -OCH3 is 1. The molecule has 16 heavy (non-hydrogen) atoms. The highest BCUT2D eigenvalue weighted by Gasteiger charge is 2.31. The quantitative estimate of drug-likeness (QED) is 0.797. The van der Waals surface area contributed by atoms with Crippen molar-refractivity contribution in [3.63, 3.8) is 0 Å². The molecule has 0 aliphatic carbocycles. The zero-order valence-corrected chi connectivity index (χ0v) is 10.8. The summed E-state index contributed by atoms with van der Waals surface area (Å²) in [6.07, 6.45) is 2.00. The van der Waals surface area contributed by atoms with E-state index < -0.39 is 0 Å². The Balaban J connectivity index is 2.76. The van der Waals surface area contributed by atoms with Gasteiger partial charge in [-0.2, -0.15) is 0 Å². The van der Waals surface area contributed by atoms with Crippen LogP contribution in [0.1, 0.15) is 25.8 Å². The lowest BCUT2D eigenvalue weighted by Gasteiger charge is -2.35. The predicted octanol–water partition coefficient (Wildman–Crippen LogP) is 2.63. The summed E-state index contributed by atoms with van der Waals surface area (Å²) in [5.41, 5.74) is 1.24. The summed E-state index contributed by atoms with van der Waals surface area (Å²) < 4.78 is 5.65. The number of hydrogen-bond acceptors (Lipinski definition) is 2. The van der Waals surface area contributed by atoms with Gasteiger partial charge in [-0.3, -0.25) is 0 Å². The van der Waals surface area contributed by atoms with E-state index in [2.05, 4.69) is 43.4 Å². The molecule has 2 heteroatoms. The maximum atomic E-state index is 5.65. The normalized spacial score (nSPS) is 16.8. The van der Waals surface area contributed by atoms with Gasteiger partial charge in [0, 0.05) is 13.2 Å². The fourth-order valence-corrected chi connectivity index (χ4v) is 2.01. The number of ether oxygens (including phenoxy) is 1. The fourth-order valence-electron chi connectivity index (χ4n) is 2.01. The van der Waals surface area contributed by atoms with Crippen molar-refractivity contribution in [1.82, 2.24) is 5.32 Å². The van der Waals surface area contributed by atoms with Crippen LogP contribution in [0.4, 0.5) is 0 Å². The molecule has 0 spiro atoms. The molecule has 0 saturated heterocycles. The van der Waals surface area contributed by atoms with Gasteiger partial charge in [-0.1, -0.05) is 37.3 Å². The number of rotatable bonds is 6. The molecule has 0 aromatic heterocycles. The first-order valence-electron chi connectivity index (χ1n) is 5.92. The third kappa shape index (κ3) is 3.06. The second-order valence-electron chi connectivity index (χ2n) is 4.40. The van der Waals surface area contributed by atoms with Crippen molar-refractivity contribution in [3.05, 3.63) is 35.9 Å². The van der Waals surface area contributed by atoms with Crippen molar-refractivity contribution in [2.75, 3.05) is 14.2 Å². The van der Waals surface area contributed by atoms with E-state index in [1.165, 1.54) is 5.56 Å². The average Bonchev–Trinajstić information content (AvgIpc) is 2.36. The highest BCUT2D eigenvalue weighted by molar-refractivity contribution is 5.17. The van der Waals surface area contributed by atoms with Gasteiger partial charge in [0.05, 0.1) is 5.60 Å². The summed E-state index contributed by atoms with van der Waals surface area (Å²) >= 11 is 0. The van der Waals surface area contributed by atoms with E-state index in [-0.39, 0.29) is 5.60 Å². The Kier molecular flexibility index (Phi) is 4.97. The van der Waals surface area contributed by atoms with Crippen molar-refractivity contribution >= 4 is 0 Å². The van der Waals surface area contributed by atoms with Crippen LogP contribution in [-0.4, -0.2) is 25.8 Å². The molecule has 90 valence electrons. The standard InChI is InChI=1S/C14H23NO/c1-5-14(2,16-4)13(15-3)11-12-9-7-6-8-10-12/h6-10,13,15H,5,11H2,1-4H3. The molecule has 1 N–H and O–H groups in total. The summed E-state index contributed by atoms with van der Waals surface area (Å²) in [7, 11) is 3.79. The molecule has 0 saturated carbocycles. The van der Waals surface area contributed by atoms with Gasteiger partial charge in [-0.25, -0.2) is 0 Å². The van der Waals surface area contributed by atoms with Gasteiger partial charge in [-0.05, 0) is 32.4 Å². The second kappa shape index (κ2) is 6.02. The molecule has 0 aliphatic heterocycles. The molecule has 0 radical (unpaired) electrons. The second-order valence-corrected chi connectivity index (χ2v) is 4.40. The molecule has 1 aromatic rings. The van der Waals surface area contributed by atoms with E-state index in [0.29, 0.717) is 6.04 Å². The van der Waals surface area contributed by atoms with Crippen LogP contribution in [0.5, 0.6) is 0 Å². The Morgan fingerprint density at radius 3 is 2.38 bits per heavy atom. The third-order valence-electron chi connectivity index (χ3n) is 3.54. The average molecular weight is 221 g/mol. The van der Waals surface area contributed by atoms with Gasteiger partial charge in [0.15, 0.2) is 0 Å². The topological polar surface area (TPSA) is 21.3 Å². The van der Waals surface area contributed by atoms with Crippen LogP contribution in [0.2, 0.25) is 0 Å². The van der Waals surface area contributed by atoms with Crippen molar-refractivity contribution in [2.45, 2.75) is 38.3 Å². The fraction of sp³-hybridized carbons (Fsp3) is 0.571. The van der Waals surface area contributed by atoms with Gasteiger partial charge in [0.2, 0.25) is 0 Å². The molecule has 0 heterocycles. The number of benzene rings is 1.